The highest BCUT2D eigenvalue weighted by Crippen LogP contribution is 2.36. The van der Waals surface area contributed by atoms with Crippen LogP contribution < -0.4 is 5.32 Å². The summed E-state index contributed by atoms with van der Waals surface area (Å²) in [5, 5.41) is 7.85. The van der Waals surface area contributed by atoms with E-state index in [1.165, 1.54) is 16.7 Å². The Kier molecular flexibility index (Phi) is 3.27. The zero-order valence-electron chi connectivity index (χ0n) is 14.1. The average Bonchev–Trinajstić information content (AvgIpc) is 3.05. The van der Waals surface area contributed by atoms with Crippen LogP contribution in [0.3, 0.4) is 0 Å². The topological polar surface area (TPSA) is 42.7 Å². The normalized spacial score (nSPS) is 19.4. The van der Waals surface area contributed by atoms with E-state index >= 15 is 0 Å². The first-order valence-electron chi connectivity index (χ1n) is 8.11. The van der Waals surface area contributed by atoms with Crippen LogP contribution in [0.5, 0.6) is 0 Å². The average molecular weight is 316 g/mol. The Morgan fingerprint density at radius 3 is 2.21 bits per heavy atom. The maximum Gasteiger partial charge on any atom is 0.226 e. The van der Waals surface area contributed by atoms with Crippen LogP contribution >= 0.6 is 0 Å². The second-order valence-corrected chi connectivity index (χ2v) is 6.56. The quantitative estimate of drug-likeness (QED) is 0.773. The van der Waals surface area contributed by atoms with E-state index in [-0.39, 0.29) is 5.54 Å². The molecule has 2 heterocycles. The molecule has 0 aliphatic carbocycles. The minimum Gasteiger partial charge on any atom is -0.324 e. The van der Waals surface area contributed by atoms with Gasteiger partial charge in [-0.3, -0.25) is 0 Å². The van der Waals surface area contributed by atoms with Gasteiger partial charge in [-0.2, -0.15) is 10.1 Å². The fourth-order valence-electron chi connectivity index (χ4n) is 3.15. The molecule has 4 nitrogen and oxygen atoms in total. The minimum absolute atomic E-state index is 0.384. The molecule has 1 atom stereocenters. The summed E-state index contributed by atoms with van der Waals surface area (Å²) in [6.07, 6.45) is 3.82. The lowest BCUT2D eigenvalue weighted by molar-refractivity contribution is 0.442. The van der Waals surface area contributed by atoms with E-state index in [9.17, 15) is 0 Å². The van der Waals surface area contributed by atoms with Gasteiger partial charge in [0.05, 0.1) is 0 Å². The molecule has 1 aromatic heterocycles. The van der Waals surface area contributed by atoms with Crippen LogP contribution in [0.25, 0.3) is 5.70 Å². The predicted molar refractivity (Wildman–Crippen MR) is 96.7 cm³/mol. The van der Waals surface area contributed by atoms with E-state index in [1.54, 1.807) is 6.33 Å². The maximum absolute atomic E-state index is 4.45. The van der Waals surface area contributed by atoms with E-state index in [1.807, 2.05) is 4.68 Å². The van der Waals surface area contributed by atoms with Gasteiger partial charge in [0.25, 0.3) is 0 Å². The van der Waals surface area contributed by atoms with Crippen molar-refractivity contribution in [3.8, 4) is 0 Å². The number of rotatable bonds is 2. The van der Waals surface area contributed by atoms with Crippen molar-refractivity contribution in [3.05, 3.63) is 83.2 Å². The molecule has 0 saturated carbocycles. The Bertz CT molecular complexity index is 904. The van der Waals surface area contributed by atoms with E-state index in [2.05, 4.69) is 90.8 Å². The first kappa shape index (κ1) is 14.7. The molecule has 4 rings (SSSR count). The van der Waals surface area contributed by atoms with E-state index in [4.69, 9.17) is 0 Å². The smallest absolute Gasteiger partial charge is 0.226 e. The molecule has 0 bridgehead atoms. The number of nitrogens with one attached hydrogen (secondary N) is 1. The Hall–Kier alpha value is -2.88. The zero-order valence-corrected chi connectivity index (χ0v) is 14.1. The molecule has 0 spiro atoms. The van der Waals surface area contributed by atoms with Crippen LogP contribution in [0.15, 0.2) is 60.9 Å². The van der Waals surface area contributed by atoms with Crippen LogP contribution in [0.4, 0.5) is 5.95 Å². The SMILES string of the molecule is Cc1ccc(C2=CC(C)(c3ccc(C)cc3)n3ncnc3N2)cc1. The fraction of sp³-hybridized carbons (Fsp3) is 0.200. The van der Waals surface area contributed by atoms with Gasteiger partial charge in [-0.25, -0.2) is 4.68 Å². The van der Waals surface area contributed by atoms with Crippen molar-refractivity contribution in [2.24, 2.45) is 0 Å². The van der Waals surface area contributed by atoms with Gasteiger partial charge in [-0.05, 0) is 38.0 Å². The summed E-state index contributed by atoms with van der Waals surface area (Å²) in [5.74, 6) is 0.760. The number of anilines is 1. The van der Waals surface area contributed by atoms with Gasteiger partial charge in [0.15, 0.2) is 0 Å². The lowest BCUT2D eigenvalue weighted by atomic mass is 9.88. The highest BCUT2D eigenvalue weighted by atomic mass is 15.4. The van der Waals surface area contributed by atoms with Crippen LogP contribution in [-0.4, -0.2) is 14.8 Å². The molecule has 1 aliphatic heterocycles. The number of allylic oxidation sites excluding steroid dienone is 1. The summed E-state index contributed by atoms with van der Waals surface area (Å²) in [6.45, 7) is 6.37. The Balaban J connectivity index is 1.87. The molecule has 120 valence electrons. The molecule has 0 saturated heterocycles. The predicted octanol–water partition coefficient (Wildman–Crippen LogP) is 4.13. The summed E-state index contributed by atoms with van der Waals surface area (Å²) in [5.41, 5.74) is 5.50. The third kappa shape index (κ3) is 2.31. The van der Waals surface area contributed by atoms with Crippen molar-refractivity contribution in [1.29, 1.82) is 0 Å². The van der Waals surface area contributed by atoms with Crippen molar-refractivity contribution in [3.63, 3.8) is 0 Å². The number of hydrogen-bond donors (Lipinski definition) is 1. The van der Waals surface area contributed by atoms with Crippen molar-refractivity contribution < 1.29 is 0 Å². The number of aryl methyl sites for hydroxylation is 2. The standard InChI is InChI=1S/C20H20N4/c1-14-4-8-16(9-5-14)18-12-20(3,17-10-6-15(2)7-11-17)24-19(23-18)21-13-22-24/h4-13H,1-3H3,(H,21,22,23). The Morgan fingerprint density at radius 2 is 1.54 bits per heavy atom. The van der Waals surface area contributed by atoms with Gasteiger partial charge in [-0.15, -0.1) is 0 Å². The number of nitrogens with zero attached hydrogens (tertiary/aromatic N) is 3. The Morgan fingerprint density at radius 1 is 0.917 bits per heavy atom. The van der Waals surface area contributed by atoms with Gasteiger partial charge in [-0.1, -0.05) is 59.7 Å². The van der Waals surface area contributed by atoms with Crippen molar-refractivity contribution in [1.82, 2.24) is 14.8 Å². The summed E-state index contributed by atoms with van der Waals surface area (Å²) in [7, 11) is 0. The molecule has 0 radical (unpaired) electrons. The van der Waals surface area contributed by atoms with E-state index < -0.39 is 0 Å². The molecule has 2 aromatic carbocycles. The van der Waals surface area contributed by atoms with Crippen molar-refractivity contribution >= 4 is 11.6 Å². The van der Waals surface area contributed by atoms with Crippen LogP contribution in [0, 0.1) is 13.8 Å². The van der Waals surface area contributed by atoms with Gasteiger partial charge in [0.2, 0.25) is 5.95 Å². The maximum atomic E-state index is 4.45. The fourth-order valence-corrected chi connectivity index (χ4v) is 3.15. The monoisotopic (exact) mass is 316 g/mol. The molecule has 1 aliphatic rings. The lowest BCUT2D eigenvalue weighted by Crippen LogP contribution is -2.35. The van der Waals surface area contributed by atoms with Crippen LogP contribution in [0.1, 0.15) is 29.2 Å². The van der Waals surface area contributed by atoms with Gasteiger partial charge in [0, 0.05) is 5.70 Å². The summed E-state index contributed by atoms with van der Waals surface area (Å²) < 4.78 is 1.94. The molecule has 1 N–H and O–H groups in total. The van der Waals surface area contributed by atoms with Crippen molar-refractivity contribution in [2.75, 3.05) is 5.32 Å². The third-order valence-electron chi connectivity index (χ3n) is 4.66. The molecule has 24 heavy (non-hydrogen) atoms. The Labute approximate surface area is 141 Å². The molecular weight excluding hydrogens is 296 g/mol. The zero-order chi connectivity index (χ0) is 16.7. The first-order chi connectivity index (χ1) is 11.6. The number of hydrogen-bond acceptors (Lipinski definition) is 3. The highest BCUT2D eigenvalue weighted by Gasteiger charge is 2.34. The van der Waals surface area contributed by atoms with Crippen LogP contribution in [-0.2, 0) is 5.54 Å². The summed E-state index contributed by atoms with van der Waals surface area (Å²) in [6, 6.07) is 17.1. The lowest BCUT2D eigenvalue weighted by Gasteiger charge is -2.33. The number of benzene rings is 2. The van der Waals surface area contributed by atoms with Crippen LogP contribution in [0.2, 0.25) is 0 Å². The minimum atomic E-state index is -0.384. The van der Waals surface area contributed by atoms with Gasteiger partial charge in [0.1, 0.15) is 11.9 Å². The van der Waals surface area contributed by atoms with Crippen molar-refractivity contribution in [2.45, 2.75) is 26.3 Å². The molecule has 0 fully saturated rings. The number of aromatic nitrogens is 3. The summed E-state index contributed by atoms with van der Waals surface area (Å²) >= 11 is 0. The molecule has 1 unspecified atom stereocenters. The molecule has 0 amide bonds. The molecule has 3 aromatic rings. The number of fused-ring (bicyclic) bond motifs is 1. The van der Waals surface area contributed by atoms with E-state index in [0.29, 0.717) is 0 Å². The van der Waals surface area contributed by atoms with Gasteiger partial charge < -0.3 is 5.32 Å². The third-order valence-corrected chi connectivity index (χ3v) is 4.66. The second kappa shape index (κ2) is 5.34. The second-order valence-electron chi connectivity index (χ2n) is 6.56. The highest BCUT2D eigenvalue weighted by molar-refractivity contribution is 5.78. The first-order valence-corrected chi connectivity index (χ1v) is 8.11. The van der Waals surface area contributed by atoms with Gasteiger partial charge >= 0.3 is 0 Å². The molecular formula is C20H20N4. The summed E-state index contributed by atoms with van der Waals surface area (Å²) in [4.78, 5) is 4.39. The van der Waals surface area contributed by atoms with E-state index in [0.717, 1.165) is 17.2 Å². The largest absolute Gasteiger partial charge is 0.324 e. The molecule has 4 heteroatoms.